The summed E-state index contributed by atoms with van der Waals surface area (Å²) in [5.74, 6) is 1.87. The van der Waals surface area contributed by atoms with Gasteiger partial charge in [-0.05, 0) is 61.9 Å². The van der Waals surface area contributed by atoms with Crippen molar-refractivity contribution >= 4 is 17.5 Å². The van der Waals surface area contributed by atoms with E-state index in [1.165, 1.54) is 11.1 Å². The lowest BCUT2D eigenvalue weighted by molar-refractivity contribution is -0.123. The van der Waals surface area contributed by atoms with Crippen molar-refractivity contribution in [2.75, 3.05) is 45.9 Å². The minimum absolute atomic E-state index is 0.0706. The van der Waals surface area contributed by atoms with Crippen LogP contribution >= 0.6 is 0 Å². The first-order valence-corrected chi connectivity index (χ1v) is 11.5. The zero-order valence-corrected chi connectivity index (χ0v) is 19.8. The number of nitrogens with zero attached hydrogens (tertiary/aromatic N) is 2. The summed E-state index contributed by atoms with van der Waals surface area (Å²) in [7, 11) is 4.78. The summed E-state index contributed by atoms with van der Waals surface area (Å²) in [6.45, 7) is 3.87. The van der Waals surface area contributed by atoms with Crippen molar-refractivity contribution in [3.63, 3.8) is 0 Å². The highest BCUT2D eigenvalue weighted by Gasteiger charge is 2.34. The van der Waals surface area contributed by atoms with Crippen LogP contribution in [0.4, 0.5) is 5.69 Å². The molecular weight excluding hydrogens is 420 g/mol. The van der Waals surface area contributed by atoms with Gasteiger partial charge in [0, 0.05) is 37.2 Å². The van der Waals surface area contributed by atoms with Crippen LogP contribution in [-0.4, -0.2) is 57.7 Å². The number of rotatable bonds is 5. The van der Waals surface area contributed by atoms with E-state index in [2.05, 4.69) is 13.0 Å². The summed E-state index contributed by atoms with van der Waals surface area (Å²) in [5, 5.41) is 0. The normalized spacial score (nSPS) is 16.2. The molecule has 0 aliphatic carbocycles. The summed E-state index contributed by atoms with van der Waals surface area (Å²) in [6.07, 6.45) is 3.19. The van der Waals surface area contributed by atoms with Crippen LogP contribution in [0.1, 0.15) is 40.7 Å². The molecule has 0 bridgehead atoms. The molecule has 0 unspecified atom stereocenters. The average molecular weight is 453 g/mol. The van der Waals surface area contributed by atoms with E-state index >= 15 is 0 Å². The number of anilines is 1. The molecule has 7 nitrogen and oxygen atoms in total. The number of amides is 2. The van der Waals surface area contributed by atoms with Gasteiger partial charge in [0.25, 0.3) is 5.91 Å². The van der Waals surface area contributed by atoms with Gasteiger partial charge in [-0.1, -0.05) is 6.07 Å². The second-order valence-electron chi connectivity index (χ2n) is 8.67. The number of fused-ring (bicyclic) bond motifs is 1. The smallest absolute Gasteiger partial charge is 0.254 e. The highest BCUT2D eigenvalue weighted by atomic mass is 16.5. The Kier molecular flexibility index (Phi) is 6.77. The molecule has 2 aromatic rings. The van der Waals surface area contributed by atoms with E-state index in [4.69, 9.17) is 14.2 Å². The molecule has 1 fully saturated rings. The molecule has 0 N–H and O–H groups in total. The van der Waals surface area contributed by atoms with Crippen molar-refractivity contribution in [3.8, 4) is 17.2 Å². The molecular formula is C26H32N2O5. The zero-order valence-electron chi connectivity index (χ0n) is 19.8. The van der Waals surface area contributed by atoms with Crippen LogP contribution in [-0.2, 0) is 11.2 Å². The van der Waals surface area contributed by atoms with Gasteiger partial charge in [0.2, 0.25) is 5.91 Å². The van der Waals surface area contributed by atoms with Gasteiger partial charge >= 0.3 is 0 Å². The first-order valence-electron chi connectivity index (χ1n) is 11.5. The Morgan fingerprint density at radius 3 is 2.18 bits per heavy atom. The second-order valence-corrected chi connectivity index (χ2v) is 8.67. The number of likely N-dealkylation sites (tertiary alicyclic amines) is 1. The van der Waals surface area contributed by atoms with Crippen LogP contribution in [0.15, 0.2) is 30.3 Å². The third kappa shape index (κ3) is 4.49. The fraction of sp³-hybridized carbons (Fsp3) is 0.462. The standard InChI is InChI=1S/C26H32N2O5/c1-17-7-8-23(33-4)24-22(17)6-5-11-28(24)26(30)18-9-12-27(13-10-18)25(29)19-14-20(31-2)16-21(15-19)32-3/h7-8,14-16,18H,5-6,9-13H2,1-4H3. The number of ether oxygens (including phenoxy) is 3. The highest BCUT2D eigenvalue weighted by Crippen LogP contribution is 2.39. The zero-order chi connectivity index (χ0) is 23.5. The number of piperidine rings is 1. The Labute approximate surface area is 195 Å². The SMILES string of the molecule is COc1cc(OC)cc(C(=O)N2CCC(C(=O)N3CCCc4c(C)ccc(OC)c43)CC2)c1. The van der Waals surface area contributed by atoms with Crippen molar-refractivity contribution in [1.29, 1.82) is 0 Å². The van der Waals surface area contributed by atoms with Crippen LogP contribution in [0.2, 0.25) is 0 Å². The van der Waals surface area contributed by atoms with E-state index in [1.54, 1.807) is 39.5 Å². The molecule has 2 aliphatic heterocycles. The number of hydrogen-bond donors (Lipinski definition) is 0. The minimum Gasteiger partial charge on any atom is -0.497 e. The average Bonchev–Trinajstić information content (AvgIpc) is 2.87. The second kappa shape index (κ2) is 9.73. The van der Waals surface area contributed by atoms with Crippen molar-refractivity contribution in [1.82, 2.24) is 4.90 Å². The van der Waals surface area contributed by atoms with E-state index in [1.807, 2.05) is 15.9 Å². The number of carbonyl (C=O) groups is 2. The van der Waals surface area contributed by atoms with E-state index in [0.29, 0.717) is 49.5 Å². The first kappa shape index (κ1) is 23.0. The molecule has 33 heavy (non-hydrogen) atoms. The first-order chi connectivity index (χ1) is 16.0. The van der Waals surface area contributed by atoms with Crippen molar-refractivity contribution < 1.29 is 23.8 Å². The van der Waals surface area contributed by atoms with Gasteiger partial charge in [0.15, 0.2) is 0 Å². The Hall–Kier alpha value is -3.22. The van der Waals surface area contributed by atoms with Crippen molar-refractivity contribution in [2.45, 2.75) is 32.6 Å². The number of benzene rings is 2. The molecule has 0 aromatic heterocycles. The number of carbonyl (C=O) groups excluding carboxylic acids is 2. The maximum atomic E-state index is 13.5. The fourth-order valence-electron chi connectivity index (χ4n) is 4.90. The lowest BCUT2D eigenvalue weighted by atomic mass is 9.91. The van der Waals surface area contributed by atoms with Crippen LogP contribution in [0.3, 0.4) is 0 Å². The Morgan fingerprint density at radius 1 is 0.909 bits per heavy atom. The van der Waals surface area contributed by atoms with Gasteiger partial charge in [-0.15, -0.1) is 0 Å². The summed E-state index contributed by atoms with van der Waals surface area (Å²) >= 11 is 0. The molecule has 4 rings (SSSR count). The predicted molar refractivity (Wildman–Crippen MR) is 127 cm³/mol. The molecule has 7 heteroatoms. The monoisotopic (exact) mass is 452 g/mol. The Bertz CT molecular complexity index is 1020. The van der Waals surface area contributed by atoms with Crippen LogP contribution in [0.25, 0.3) is 0 Å². The maximum Gasteiger partial charge on any atom is 0.254 e. The van der Waals surface area contributed by atoms with Gasteiger partial charge < -0.3 is 24.0 Å². The molecule has 0 radical (unpaired) electrons. The van der Waals surface area contributed by atoms with Crippen molar-refractivity contribution in [2.24, 2.45) is 5.92 Å². The van der Waals surface area contributed by atoms with E-state index in [0.717, 1.165) is 24.3 Å². The maximum absolute atomic E-state index is 13.5. The third-order valence-electron chi connectivity index (χ3n) is 6.77. The van der Waals surface area contributed by atoms with E-state index in [-0.39, 0.29) is 17.7 Å². The highest BCUT2D eigenvalue weighted by molar-refractivity contribution is 5.99. The van der Waals surface area contributed by atoms with Gasteiger partial charge in [-0.25, -0.2) is 0 Å². The molecule has 176 valence electrons. The molecule has 2 aromatic carbocycles. The molecule has 1 saturated heterocycles. The molecule has 0 atom stereocenters. The molecule has 0 saturated carbocycles. The lowest BCUT2D eigenvalue weighted by Gasteiger charge is -2.37. The molecule has 2 aliphatic rings. The minimum atomic E-state index is -0.106. The number of aryl methyl sites for hydroxylation is 1. The quantitative estimate of drug-likeness (QED) is 0.689. The summed E-state index contributed by atoms with van der Waals surface area (Å²) in [6, 6.07) is 9.20. The van der Waals surface area contributed by atoms with Crippen molar-refractivity contribution in [3.05, 3.63) is 47.0 Å². The predicted octanol–water partition coefficient (Wildman–Crippen LogP) is 3.85. The Morgan fingerprint density at radius 2 is 1.58 bits per heavy atom. The van der Waals surface area contributed by atoms with E-state index < -0.39 is 0 Å². The van der Waals surface area contributed by atoms with Gasteiger partial charge in [0.1, 0.15) is 17.2 Å². The summed E-state index contributed by atoms with van der Waals surface area (Å²) in [4.78, 5) is 30.4. The van der Waals surface area contributed by atoms with E-state index in [9.17, 15) is 9.59 Å². The molecule has 2 heterocycles. The Balaban J connectivity index is 1.47. The number of hydrogen-bond acceptors (Lipinski definition) is 5. The van der Waals surface area contributed by atoms with Crippen LogP contribution in [0.5, 0.6) is 17.2 Å². The third-order valence-corrected chi connectivity index (χ3v) is 6.77. The van der Waals surface area contributed by atoms with Crippen LogP contribution in [0, 0.1) is 12.8 Å². The molecule has 0 spiro atoms. The summed E-state index contributed by atoms with van der Waals surface area (Å²) in [5.41, 5.74) is 3.85. The lowest BCUT2D eigenvalue weighted by Crippen LogP contribution is -2.46. The fourth-order valence-corrected chi connectivity index (χ4v) is 4.90. The van der Waals surface area contributed by atoms with Gasteiger partial charge in [-0.2, -0.15) is 0 Å². The topological polar surface area (TPSA) is 68.3 Å². The number of methoxy groups -OCH3 is 3. The molecule has 2 amide bonds. The van der Waals surface area contributed by atoms with Gasteiger partial charge in [-0.3, -0.25) is 9.59 Å². The largest absolute Gasteiger partial charge is 0.497 e. The van der Waals surface area contributed by atoms with Crippen LogP contribution < -0.4 is 19.1 Å². The summed E-state index contributed by atoms with van der Waals surface area (Å²) < 4.78 is 16.2. The van der Waals surface area contributed by atoms with Gasteiger partial charge in [0.05, 0.1) is 27.0 Å².